The van der Waals surface area contributed by atoms with E-state index in [4.69, 9.17) is 28.0 Å². The lowest BCUT2D eigenvalue weighted by molar-refractivity contribution is 0.0235. The Morgan fingerprint density at radius 1 is 1.07 bits per heavy atom. The zero-order valence-corrected chi connectivity index (χ0v) is 15.9. The number of hydroxylamine groups is 1. The highest BCUT2D eigenvalue weighted by molar-refractivity contribution is 6.35. The first-order valence-corrected chi connectivity index (χ1v) is 8.99. The molecule has 1 N–H and O–H groups in total. The number of para-hydroxylation sites is 1. The highest BCUT2D eigenvalue weighted by atomic mass is 35.5. The smallest absolute Gasteiger partial charge is 0.275 e. The van der Waals surface area contributed by atoms with Crippen LogP contribution in [0.1, 0.15) is 15.9 Å². The van der Waals surface area contributed by atoms with Gasteiger partial charge in [0, 0.05) is 46.8 Å². The molecule has 136 valence electrons. The molecule has 0 saturated carbocycles. The number of carbonyl (C=O) groups is 1. The van der Waals surface area contributed by atoms with Gasteiger partial charge in [-0.2, -0.15) is 0 Å². The van der Waals surface area contributed by atoms with E-state index in [0.717, 1.165) is 21.8 Å². The Morgan fingerprint density at radius 2 is 1.78 bits per heavy atom. The average Bonchev–Trinajstić information content (AvgIpc) is 2.97. The van der Waals surface area contributed by atoms with Gasteiger partial charge in [0.05, 0.1) is 15.6 Å². The number of nitrogens with one attached hydrogen (secondary N) is 1. The zero-order chi connectivity index (χ0) is 19.0. The van der Waals surface area contributed by atoms with E-state index in [2.05, 4.69) is 15.0 Å². The van der Waals surface area contributed by atoms with Crippen LogP contribution in [-0.4, -0.2) is 15.5 Å². The third-order valence-corrected chi connectivity index (χ3v) is 5.17. The first kappa shape index (κ1) is 17.8. The molecule has 2 heterocycles. The first-order valence-electron chi connectivity index (χ1n) is 8.24. The molecular formula is C20H15Cl2N3O2. The fourth-order valence-electron chi connectivity index (χ4n) is 3.20. The first-order chi connectivity index (χ1) is 13.1. The highest BCUT2D eigenvalue weighted by Crippen LogP contribution is 2.30. The second-order valence-corrected chi connectivity index (χ2v) is 6.89. The van der Waals surface area contributed by atoms with E-state index < -0.39 is 0 Å². The molecule has 2 aromatic carbocycles. The van der Waals surface area contributed by atoms with Crippen molar-refractivity contribution in [1.82, 2.24) is 15.0 Å². The van der Waals surface area contributed by atoms with Gasteiger partial charge in [-0.15, -0.1) is 0 Å². The van der Waals surface area contributed by atoms with Crippen LogP contribution in [0.15, 0.2) is 54.9 Å². The normalized spacial score (nSPS) is 11.2. The van der Waals surface area contributed by atoms with Crippen molar-refractivity contribution in [2.45, 2.75) is 6.61 Å². The Kier molecular flexibility index (Phi) is 4.74. The van der Waals surface area contributed by atoms with Crippen molar-refractivity contribution < 1.29 is 9.63 Å². The summed E-state index contributed by atoms with van der Waals surface area (Å²) in [4.78, 5) is 22.0. The largest absolute Gasteiger partial charge is 0.344 e. The van der Waals surface area contributed by atoms with Crippen molar-refractivity contribution in [2.24, 2.45) is 7.05 Å². The molecule has 0 aliphatic carbocycles. The van der Waals surface area contributed by atoms with Crippen LogP contribution in [0.5, 0.6) is 0 Å². The van der Waals surface area contributed by atoms with E-state index in [1.165, 1.54) is 12.4 Å². The monoisotopic (exact) mass is 399 g/mol. The molecule has 0 radical (unpaired) electrons. The average molecular weight is 400 g/mol. The summed E-state index contributed by atoms with van der Waals surface area (Å²) in [5, 5.41) is 2.67. The van der Waals surface area contributed by atoms with E-state index in [1.807, 2.05) is 43.4 Å². The number of hydrogen-bond acceptors (Lipinski definition) is 3. The number of rotatable bonds is 4. The molecule has 0 aliphatic rings. The lowest BCUT2D eigenvalue weighted by atomic mass is 10.1. The molecule has 1 amide bonds. The van der Waals surface area contributed by atoms with Crippen molar-refractivity contribution in [1.29, 1.82) is 0 Å². The lowest BCUT2D eigenvalue weighted by Gasteiger charge is -2.09. The number of amides is 1. The Morgan fingerprint density at radius 3 is 2.56 bits per heavy atom. The summed E-state index contributed by atoms with van der Waals surface area (Å²) in [5.74, 6) is -0.335. The molecule has 5 nitrogen and oxygen atoms in total. The second-order valence-electron chi connectivity index (χ2n) is 6.08. The van der Waals surface area contributed by atoms with Crippen LogP contribution in [0.3, 0.4) is 0 Å². The van der Waals surface area contributed by atoms with Gasteiger partial charge in [-0.1, -0.05) is 47.5 Å². The molecule has 0 saturated heterocycles. The minimum absolute atomic E-state index is 0.0391. The molecule has 0 atom stereocenters. The van der Waals surface area contributed by atoms with Crippen LogP contribution in [0.25, 0.3) is 21.8 Å². The van der Waals surface area contributed by atoms with Gasteiger partial charge in [-0.25, -0.2) is 5.48 Å². The van der Waals surface area contributed by atoms with Gasteiger partial charge in [0.25, 0.3) is 5.91 Å². The van der Waals surface area contributed by atoms with E-state index in [-0.39, 0.29) is 12.5 Å². The molecule has 0 spiro atoms. The summed E-state index contributed by atoms with van der Waals surface area (Å²) in [5.41, 5.74) is 5.62. The van der Waals surface area contributed by atoms with Crippen LogP contribution in [0.4, 0.5) is 0 Å². The topological polar surface area (TPSA) is 56.2 Å². The lowest BCUT2D eigenvalue weighted by Crippen LogP contribution is -2.24. The molecule has 0 bridgehead atoms. The molecule has 0 fully saturated rings. The van der Waals surface area contributed by atoms with E-state index in [0.29, 0.717) is 21.2 Å². The molecule has 4 rings (SSSR count). The molecule has 0 aliphatic heterocycles. The van der Waals surface area contributed by atoms with Crippen molar-refractivity contribution in [2.75, 3.05) is 0 Å². The number of hydrogen-bond donors (Lipinski definition) is 1. The van der Waals surface area contributed by atoms with Gasteiger partial charge < -0.3 is 4.57 Å². The van der Waals surface area contributed by atoms with E-state index in [1.54, 1.807) is 6.07 Å². The Balaban J connectivity index is 1.63. The predicted octanol–water partition coefficient (Wildman–Crippen LogP) is 4.89. The summed E-state index contributed by atoms with van der Waals surface area (Å²) in [6, 6.07) is 13.6. The van der Waals surface area contributed by atoms with Crippen LogP contribution in [0.2, 0.25) is 10.0 Å². The number of benzene rings is 2. The maximum Gasteiger partial charge on any atom is 0.275 e. The van der Waals surface area contributed by atoms with Gasteiger partial charge in [0.2, 0.25) is 0 Å². The highest BCUT2D eigenvalue weighted by Gasteiger charge is 2.16. The summed E-state index contributed by atoms with van der Waals surface area (Å²) in [6.07, 6.45) is 2.95. The van der Waals surface area contributed by atoms with Gasteiger partial charge in [0.15, 0.2) is 0 Å². The van der Waals surface area contributed by atoms with E-state index >= 15 is 0 Å². The minimum Gasteiger partial charge on any atom is -0.344 e. The summed E-state index contributed by atoms with van der Waals surface area (Å²) in [6.45, 7) is 0.0391. The standard InChI is InChI=1S/C20H15Cl2N3O2/c1-25-17-7-3-2-5-12(17)19-13(6-4-8-18(19)25)20(26)24-27-11-14-15(21)9-23-10-16(14)22/h2-10H,11H2,1H3,(H,24,26). The van der Waals surface area contributed by atoms with Crippen molar-refractivity contribution >= 4 is 50.9 Å². The maximum atomic E-state index is 12.7. The third-order valence-electron chi connectivity index (χ3n) is 4.52. The number of pyridine rings is 1. The Labute approximate surface area is 165 Å². The van der Waals surface area contributed by atoms with Crippen molar-refractivity contribution in [3.63, 3.8) is 0 Å². The fraction of sp³-hybridized carbons (Fsp3) is 0.100. The molecule has 4 aromatic rings. The van der Waals surface area contributed by atoms with Crippen molar-refractivity contribution in [3.05, 3.63) is 76.0 Å². The SMILES string of the molecule is Cn1c2ccccc2c2c(C(=O)NOCc3c(Cl)cncc3Cl)cccc21. The number of halogens is 2. The van der Waals surface area contributed by atoms with Crippen LogP contribution < -0.4 is 5.48 Å². The number of fused-ring (bicyclic) bond motifs is 3. The summed E-state index contributed by atoms with van der Waals surface area (Å²) in [7, 11) is 1.98. The van der Waals surface area contributed by atoms with Crippen molar-refractivity contribution in [3.8, 4) is 0 Å². The van der Waals surface area contributed by atoms with Crippen LogP contribution >= 0.6 is 23.2 Å². The Bertz CT molecular complexity index is 1150. The van der Waals surface area contributed by atoms with Gasteiger partial charge in [-0.05, 0) is 18.2 Å². The van der Waals surface area contributed by atoms with E-state index in [9.17, 15) is 4.79 Å². The number of carbonyl (C=O) groups excluding carboxylic acids is 1. The van der Waals surface area contributed by atoms with Crippen LogP contribution in [0, 0.1) is 0 Å². The minimum atomic E-state index is -0.335. The number of nitrogens with zero attached hydrogens (tertiary/aromatic N) is 2. The fourth-order valence-corrected chi connectivity index (χ4v) is 3.68. The third kappa shape index (κ3) is 3.14. The van der Waals surface area contributed by atoms with Gasteiger partial charge in [0.1, 0.15) is 6.61 Å². The number of aromatic nitrogens is 2. The zero-order valence-electron chi connectivity index (χ0n) is 14.4. The Hall–Kier alpha value is -2.60. The second kappa shape index (κ2) is 7.19. The molecular weight excluding hydrogens is 385 g/mol. The maximum absolute atomic E-state index is 12.7. The van der Waals surface area contributed by atoms with Crippen LogP contribution in [-0.2, 0) is 18.5 Å². The molecule has 27 heavy (non-hydrogen) atoms. The predicted molar refractivity (Wildman–Crippen MR) is 107 cm³/mol. The number of aryl methyl sites for hydroxylation is 1. The molecule has 0 unspecified atom stereocenters. The molecule has 2 aromatic heterocycles. The molecule has 7 heteroatoms. The quantitative estimate of drug-likeness (QED) is 0.496. The van der Waals surface area contributed by atoms with Gasteiger partial charge >= 0.3 is 0 Å². The summed E-state index contributed by atoms with van der Waals surface area (Å²) >= 11 is 12.1. The van der Waals surface area contributed by atoms with Gasteiger partial charge in [-0.3, -0.25) is 14.6 Å². The summed E-state index contributed by atoms with van der Waals surface area (Å²) < 4.78 is 2.07.